The molecule has 0 fully saturated rings. The number of aromatic nitrogens is 1. The van der Waals surface area contributed by atoms with Crippen LogP contribution in [0, 0.1) is 5.82 Å². The molecule has 4 heteroatoms. The van der Waals surface area contributed by atoms with Gasteiger partial charge in [0, 0.05) is 29.9 Å². The van der Waals surface area contributed by atoms with Crippen molar-refractivity contribution in [3.8, 4) is 17.0 Å². The van der Waals surface area contributed by atoms with Gasteiger partial charge in [-0.25, -0.2) is 9.37 Å². The van der Waals surface area contributed by atoms with Crippen LogP contribution in [0.5, 0.6) is 5.88 Å². The zero-order chi connectivity index (χ0) is 13.7. The van der Waals surface area contributed by atoms with E-state index >= 15 is 0 Å². The van der Waals surface area contributed by atoms with E-state index in [0.717, 1.165) is 12.1 Å². The lowest BCUT2D eigenvalue weighted by Crippen LogP contribution is -2.19. The van der Waals surface area contributed by atoms with Gasteiger partial charge in [0.1, 0.15) is 12.4 Å². The number of hydrogen-bond acceptors (Lipinski definition) is 3. The summed E-state index contributed by atoms with van der Waals surface area (Å²) < 4.78 is 19.1. The van der Waals surface area contributed by atoms with E-state index < -0.39 is 0 Å². The maximum atomic E-state index is 13.6. The van der Waals surface area contributed by atoms with Crippen LogP contribution in [0.15, 0.2) is 42.6 Å². The smallest absolute Gasteiger partial charge is 0.213 e. The number of nitrogens with zero attached hydrogens (tertiary/aromatic N) is 2. The summed E-state index contributed by atoms with van der Waals surface area (Å²) in [6.45, 7) is 1.41. The molecule has 0 N–H and O–H groups in total. The number of benzene rings is 1. The highest BCUT2D eigenvalue weighted by Crippen LogP contribution is 2.22. The highest BCUT2D eigenvalue weighted by Gasteiger charge is 2.04. The Morgan fingerprint density at radius 1 is 1.16 bits per heavy atom. The number of halogens is 1. The number of pyridine rings is 1. The van der Waals surface area contributed by atoms with Gasteiger partial charge in [-0.05, 0) is 26.2 Å². The van der Waals surface area contributed by atoms with Crippen molar-refractivity contribution in [2.75, 3.05) is 27.2 Å². The van der Waals surface area contributed by atoms with Crippen LogP contribution in [0.25, 0.3) is 11.1 Å². The Hall–Kier alpha value is -1.94. The predicted octanol–water partition coefficient (Wildman–Crippen LogP) is 2.83. The maximum Gasteiger partial charge on any atom is 0.213 e. The molecule has 0 bridgehead atoms. The van der Waals surface area contributed by atoms with Gasteiger partial charge in [-0.15, -0.1) is 0 Å². The summed E-state index contributed by atoms with van der Waals surface area (Å²) in [6, 6.07) is 10.2. The zero-order valence-electron chi connectivity index (χ0n) is 11.1. The Labute approximate surface area is 112 Å². The van der Waals surface area contributed by atoms with E-state index in [2.05, 4.69) is 4.98 Å². The molecule has 3 nitrogen and oxygen atoms in total. The molecule has 2 aromatic rings. The molecule has 0 unspecified atom stereocenters. The first kappa shape index (κ1) is 13.5. The van der Waals surface area contributed by atoms with Crippen molar-refractivity contribution in [2.45, 2.75) is 0 Å². The maximum absolute atomic E-state index is 13.6. The van der Waals surface area contributed by atoms with Crippen LogP contribution in [0.2, 0.25) is 0 Å². The molecule has 0 amide bonds. The van der Waals surface area contributed by atoms with Gasteiger partial charge in [-0.2, -0.15) is 0 Å². The molecule has 0 radical (unpaired) electrons. The summed E-state index contributed by atoms with van der Waals surface area (Å²) in [4.78, 5) is 6.22. The second-order valence-corrected chi connectivity index (χ2v) is 4.52. The van der Waals surface area contributed by atoms with Crippen molar-refractivity contribution in [3.05, 3.63) is 48.4 Å². The van der Waals surface area contributed by atoms with E-state index in [-0.39, 0.29) is 5.82 Å². The molecule has 100 valence electrons. The largest absolute Gasteiger partial charge is 0.476 e. The van der Waals surface area contributed by atoms with Crippen molar-refractivity contribution in [1.82, 2.24) is 9.88 Å². The zero-order valence-corrected chi connectivity index (χ0v) is 11.1. The van der Waals surface area contributed by atoms with Crippen LogP contribution >= 0.6 is 0 Å². The minimum atomic E-state index is -0.245. The minimum Gasteiger partial charge on any atom is -0.476 e. The van der Waals surface area contributed by atoms with Crippen LogP contribution in [-0.4, -0.2) is 37.1 Å². The Morgan fingerprint density at radius 3 is 2.58 bits per heavy atom. The van der Waals surface area contributed by atoms with Gasteiger partial charge in [0.05, 0.1) is 0 Å². The fourth-order valence-corrected chi connectivity index (χ4v) is 1.65. The van der Waals surface area contributed by atoms with Gasteiger partial charge in [-0.1, -0.05) is 18.2 Å². The van der Waals surface area contributed by atoms with Gasteiger partial charge in [0.15, 0.2) is 0 Å². The fourth-order valence-electron chi connectivity index (χ4n) is 1.65. The van der Waals surface area contributed by atoms with Crippen molar-refractivity contribution < 1.29 is 9.13 Å². The molecule has 2 rings (SSSR count). The van der Waals surface area contributed by atoms with Gasteiger partial charge in [0.2, 0.25) is 5.88 Å². The van der Waals surface area contributed by atoms with Crippen LogP contribution in [0.4, 0.5) is 4.39 Å². The molecule has 0 atom stereocenters. The normalized spacial score (nSPS) is 10.7. The van der Waals surface area contributed by atoms with Gasteiger partial charge >= 0.3 is 0 Å². The summed E-state index contributed by atoms with van der Waals surface area (Å²) in [5.41, 5.74) is 1.30. The molecule has 1 aromatic heterocycles. The quantitative estimate of drug-likeness (QED) is 0.826. The van der Waals surface area contributed by atoms with E-state index in [1.54, 1.807) is 30.5 Å². The molecule has 0 aliphatic carbocycles. The summed E-state index contributed by atoms with van der Waals surface area (Å²) in [7, 11) is 3.97. The number of hydrogen-bond donors (Lipinski definition) is 0. The molecule has 0 saturated heterocycles. The molecule has 1 aromatic carbocycles. The lowest BCUT2D eigenvalue weighted by molar-refractivity contribution is 0.254. The van der Waals surface area contributed by atoms with Gasteiger partial charge in [-0.3, -0.25) is 0 Å². The van der Waals surface area contributed by atoms with E-state index in [1.807, 2.05) is 25.1 Å². The van der Waals surface area contributed by atoms with Gasteiger partial charge < -0.3 is 9.64 Å². The summed E-state index contributed by atoms with van der Waals surface area (Å²) >= 11 is 0. The third-order valence-corrected chi connectivity index (χ3v) is 2.71. The Bertz CT molecular complexity index is 526. The fraction of sp³-hybridized carbons (Fsp3) is 0.267. The van der Waals surface area contributed by atoms with E-state index in [4.69, 9.17) is 4.74 Å². The van der Waals surface area contributed by atoms with Crippen LogP contribution in [-0.2, 0) is 0 Å². The van der Waals surface area contributed by atoms with Crippen LogP contribution in [0.3, 0.4) is 0 Å². The predicted molar refractivity (Wildman–Crippen MR) is 73.7 cm³/mol. The third-order valence-electron chi connectivity index (χ3n) is 2.71. The van der Waals surface area contributed by atoms with Crippen molar-refractivity contribution >= 4 is 0 Å². The lowest BCUT2D eigenvalue weighted by atomic mass is 10.1. The van der Waals surface area contributed by atoms with Crippen molar-refractivity contribution in [3.63, 3.8) is 0 Å². The van der Waals surface area contributed by atoms with Crippen LogP contribution in [0.1, 0.15) is 0 Å². The second kappa shape index (κ2) is 6.29. The highest BCUT2D eigenvalue weighted by molar-refractivity contribution is 5.63. The molecule has 0 saturated carbocycles. The standard InChI is InChI=1S/C15H17FN2O/c1-18(2)9-10-19-15-8-7-12(11-17-15)13-5-3-4-6-14(13)16/h3-8,11H,9-10H2,1-2H3. The molecule has 0 aliphatic rings. The van der Waals surface area contributed by atoms with Crippen molar-refractivity contribution in [1.29, 1.82) is 0 Å². The lowest BCUT2D eigenvalue weighted by Gasteiger charge is -2.10. The van der Waals surface area contributed by atoms with E-state index in [9.17, 15) is 4.39 Å². The molecule has 1 heterocycles. The highest BCUT2D eigenvalue weighted by atomic mass is 19.1. The van der Waals surface area contributed by atoms with E-state index in [1.165, 1.54) is 6.07 Å². The Balaban J connectivity index is 2.04. The number of ether oxygens (including phenoxy) is 1. The number of likely N-dealkylation sites (N-methyl/N-ethyl adjacent to an activating group) is 1. The molecular formula is C15H17FN2O. The Kier molecular flexibility index (Phi) is 4.47. The average molecular weight is 260 g/mol. The third kappa shape index (κ3) is 3.76. The molecule has 19 heavy (non-hydrogen) atoms. The summed E-state index contributed by atoms with van der Waals surface area (Å²) in [5.74, 6) is 0.313. The monoisotopic (exact) mass is 260 g/mol. The Morgan fingerprint density at radius 2 is 1.95 bits per heavy atom. The molecular weight excluding hydrogens is 243 g/mol. The minimum absolute atomic E-state index is 0.245. The SMILES string of the molecule is CN(C)CCOc1ccc(-c2ccccc2F)cn1. The number of rotatable bonds is 5. The topological polar surface area (TPSA) is 25.4 Å². The van der Waals surface area contributed by atoms with Crippen LogP contribution < -0.4 is 4.74 Å². The van der Waals surface area contributed by atoms with Gasteiger partial charge in [0.25, 0.3) is 0 Å². The molecule has 0 spiro atoms. The first-order valence-electron chi connectivity index (χ1n) is 6.15. The summed E-state index contributed by atoms with van der Waals surface area (Å²) in [6.07, 6.45) is 1.63. The summed E-state index contributed by atoms with van der Waals surface area (Å²) in [5, 5.41) is 0. The molecule has 0 aliphatic heterocycles. The van der Waals surface area contributed by atoms with E-state index in [0.29, 0.717) is 18.1 Å². The second-order valence-electron chi connectivity index (χ2n) is 4.52. The van der Waals surface area contributed by atoms with Crippen molar-refractivity contribution in [2.24, 2.45) is 0 Å². The first-order chi connectivity index (χ1) is 9.16. The first-order valence-corrected chi connectivity index (χ1v) is 6.15. The average Bonchev–Trinajstić information content (AvgIpc) is 2.40.